The molecule has 1 fully saturated rings. The molecule has 2 aliphatic rings. The monoisotopic (exact) mass is 307 g/mol. The Morgan fingerprint density at radius 3 is 2.95 bits per heavy atom. The molecule has 0 bridgehead atoms. The molecule has 0 radical (unpaired) electrons. The third kappa shape index (κ3) is 2.95. The van der Waals surface area contributed by atoms with E-state index in [2.05, 4.69) is 16.0 Å². The molecule has 22 heavy (non-hydrogen) atoms. The van der Waals surface area contributed by atoms with Gasteiger partial charge in [0.05, 0.1) is 12.0 Å². The van der Waals surface area contributed by atoms with Gasteiger partial charge in [-0.3, -0.25) is 9.59 Å². The van der Waals surface area contributed by atoms with Gasteiger partial charge in [0, 0.05) is 37.7 Å². The van der Waals surface area contributed by atoms with Crippen LogP contribution in [0.3, 0.4) is 0 Å². The smallest absolute Gasteiger partial charge is 0.228 e. The summed E-state index contributed by atoms with van der Waals surface area (Å²) >= 11 is 0. The van der Waals surface area contributed by atoms with Crippen LogP contribution >= 0.6 is 0 Å². The van der Waals surface area contributed by atoms with Crippen molar-refractivity contribution in [3.8, 4) is 0 Å². The van der Waals surface area contributed by atoms with Crippen LogP contribution in [0.4, 0.5) is 10.1 Å². The highest BCUT2D eigenvalue weighted by Crippen LogP contribution is 2.32. The minimum atomic E-state index is -0.629. The molecule has 7 heteroatoms. The summed E-state index contributed by atoms with van der Waals surface area (Å²) in [6.07, 6.45) is -0.438. The lowest BCUT2D eigenvalue weighted by molar-refractivity contribution is -0.126. The van der Waals surface area contributed by atoms with Crippen LogP contribution in [0.5, 0.6) is 0 Å². The summed E-state index contributed by atoms with van der Waals surface area (Å²) in [6.45, 7) is 1.52. The van der Waals surface area contributed by atoms with E-state index in [-0.39, 0.29) is 24.2 Å². The molecule has 0 aliphatic carbocycles. The van der Waals surface area contributed by atoms with Gasteiger partial charge in [0.2, 0.25) is 11.8 Å². The second-order valence-electron chi connectivity index (χ2n) is 5.77. The number of hydrogen-bond donors (Lipinski definition) is 4. The lowest BCUT2D eigenvalue weighted by Gasteiger charge is -2.25. The first kappa shape index (κ1) is 14.9. The molecule has 1 aromatic rings. The highest BCUT2D eigenvalue weighted by molar-refractivity contribution is 6.01. The van der Waals surface area contributed by atoms with Crippen molar-refractivity contribution in [1.82, 2.24) is 10.6 Å². The number of carbonyl (C=O) groups is 2. The fourth-order valence-electron chi connectivity index (χ4n) is 2.95. The third-order valence-corrected chi connectivity index (χ3v) is 4.21. The summed E-state index contributed by atoms with van der Waals surface area (Å²) in [4.78, 5) is 24.1. The lowest BCUT2D eigenvalue weighted by Crippen LogP contribution is -2.39. The number of nitrogens with one attached hydrogen (secondary N) is 3. The van der Waals surface area contributed by atoms with Crippen molar-refractivity contribution < 1.29 is 19.1 Å². The van der Waals surface area contributed by atoms with Crippen molar-refractivity contribution in [2.45, 2.75) is 18.4 Å². The zero-order chi connectivity index (χ0) is 15.7. The maximum absolute atomic E-state index is 13.3. The zero-order valence-electron chi connectivity index (χ0n) is 11.9. The van der Waals surface area contributed by atoms with E-state index in [1.165, 1.54) is 18.2 Å². The molecule has 3 atom stereocenters. The first-order valence-electron chi connectivity index (χ1n) is 7.30. The van der Waals surface area contributed by atoms with Gasteiger partial charge in [-0.15, -0.1) is 0 Å². The molecule has 2 heterocycles. The number of rotatable bonds is 3. The molecule has 3 unspecified atom stereocenters. The molecule has 0 saturated carbocycles. The average Bonchev–Trinajstić information content (AvgIpc) is 2.88. The molecule has 2 amide bonds. The molecule has 0 spiro atoms. The molecule has 4 N–H and O–H groups in total. The number of aliphatic hydroxyl groups is 1. The number of anilines is 1. The summed E-state index contributed by atoms with van der Waals surface area (Å²) < 4.78 is 13.3. The van der Waals surface area contributed by atoms with Gasteiger partial charge in [-0.05, 0) is 17.7 Å². The van der Waals surface area contributed by atoms with E-state index in [1.54, 1.807) is 0 Å². The summed E-state index contributed by atoms with van der Waals surface area (Å²) in [6, 6.07) is 4.03. The Morgan fingerprint density at radius 2 is 2.23 bits per heavy atom. The van der Waals surface area contributed by atoms with E-state index in [4.69, 9.17) is 0 Å². The number of benzene rings is 1. The van der Waals surface area contributed by atoms with E-state index in [0.29, 0.717) is 30.9 Å². The standard InChI is InChI=1S/C15H18FN3O3/c16-9-1-2-10-11(4-14(21)19-12(10)3-9)15(22)18-6-8-5-17-7-13(8)20/h1-3,8,11,13,17,20H,4-7H2,(H,18,22)(H,19,21). The Bertz CT molecular complexity index is 608. The predicted molar refractivity (Wildman–Crippen MR) is 77.8 cm³/mol. The Kier molecular flexibility index (Phi) is 4.08. The Hall–Kier alpha value is -1.99. The predicted octanol–water partition coefficient (Wildman–Crippen LogP) is -0.0520. The van der Waals surface area contributed by atoms with Gasteiger partial charge in [-0.2, -0.15) is 0 Å². The van der Waals surface area contributed by atoms with E-state index >= 15 is 0 Å². The van der Waals surface area contributed by atoms with Crippen LogP contribution in [0, 0.1) is 11.7 Å². The van der Waals surface area contributed by atoms with Crippen molar-refractivity contribution in [1.29, 1.82) is 0 Å². The molecule has 118 valence electrons. The molecular weight excluding hydrogens is 289 g/mol. The van der Waals surface area contributed by atoms with E-state index in [9.17, 15) is 19.1 Å². The van der Waals surface area contributed by atoms with E-state index < -0.39 is 17.8 Å². The van der Waals surface area contributed by atoms with Crippen molar-refractivity contribution in [2.75, 3.05) is 25.0 Å². The Morgan fingerprint density at radius 1 is 1.41 bits per heavy atom. The van der Waals surface area contributed by atoms with E-state index in [0.717, 1.165) is 0 Å². The number of amides is 2. The normalized spacial score (nSPS) is 27.2. The van der Waals surface area contributed by atoms with Crippen LogP contribution in [0.1, 0.15) is 17.9 Å². The lowest BCUT2D eigenvalue weighted by atomic mass is 9.89. The van der Waals surface area contributed by atoms with Gasteiger partial charge in [0.25, 0.3) is 0 Å². The van der Waals surface area contributed by atoms with Crippen LogP contribution in [0.25, 0.3) is 0 Å². The summed E-state index contributed by atoms with van der Waals surface area (Å²) in [5, 5.41) is 18.1. The maximum atomic E-state index is 13.3. The van der Waals surface area contributed by atoms with Crippen LogP contribution in [-0.4, -0.2) is 42.7 Å². The topological polar surface area (TPSA) is 90.5 Å². The first-order valence-corrected chi connectivity index (χ1v) is 7.30. The fourth-order valence-corrected chi connectivity index (χ4v) is 2.95. The third-order valence-electron chi connectivity index (χ3n) is 4.21. The van der Waals surface area contributed by atoms with Gasteiger partial charge in [0.15, 0.2) is 0 Å². The summed E-state index contributed by atoms with van der Waals surface area (Å²) in [5.74, 6) is -1.70. The van der Waals surface area contributed by atoms with Gasteiger partial charge < -0.3 is 21.1 Å². The van der Waals surface area contributed by atoms with Gasteiger partial charge in [-0.25, -0.2) is 4.39 Å². The van der Waals surface area contributed by atoms with Crippen molar-refractivity contribution in [3.63, 3.8) is 0 Å². The summed E-state index contributed by atoms with van der Waals surface area (Å²) in [7, 11) is 0. The molecule has 1 saturated heterocycles. The van der Waals surface area contributed by atoms with Crippen molar-refractivity contribution in [3.05, 3.63) is 29.6 Å². The maximum Gasteiger partial charge on any atom is 0.228 e. The molecule has 1 aromatic carbocycles. The second-order valence-corrected chi connectivity index (χ2v) is 5.77. The number of β-amino-alcohol motifs (C(OH)–C–C–N with tert-alkyl or cyclic N) is 1. The number of halogens is 1. The van der Waals surface area contributed by atoms with Gasteiger partial charge in [-0.1, -0.05) is 6.07 Å². The largest absolute Gasteiger partial charge is 0.391 e. The van der Waals surface area contributed by atoms with Crippen LogP contribution in [-0.2, 0) is 9.59 Å². The highest BCUT2D eigenvalue weighted by Gasteiger charge is 2.32. The van der Waals surface area contributed by atoms with Crippen LogP contribution < -0.4 is 16.0 Å². The van der Waals surface area contributed by atoms with Crippen molar-refractivity contribution in [2.24, 2.45) is 5.92 Å². The second kappa shape index (κ2) is 6.02. The fraction of sp³-hybridized carbons (Fsp3) is 0.467. The molecule has 3 rings (SSSR count). The Balaban J connectivity index is 1.71. The number of aliphatic hydroxyl groups excluding tert-OH is 1. The van der Waals surface area contributed by atoms with Crippen LogP contribution in [0.15, 0.2) is 18.2 Å². The van der Waals surface area contributed by atoms with Crippen molar-refractivity contribution >= 4 is 17.5 Å². The molecule has 0 aromatic heterocycles. The van der Waals surface area contributed by atoms with E-state index in [1.807, 2.05) is 0 Å². The minimum Gasteiger partial charge on any atom is -0.391 e. The highest BCUT2D eigenvalue weighted by atomic mass is 19.1. The summed E-state index contributed by atoms with van der Waals surface area (Å²) in [5.41, 5.74) is 0.961. The SMILES string of the molecule is O=C1CC(C(=O)NCC2CNCC2O)c2ccc(F)cc2N1. The number of carbonyl (C=O) groups excluding carboxylic acids is 2. The quantitative estimate of drug-likeness (QED) is 0.630. The zero-order valence-corrected chi connectivity index (χ0v) is 11.9. The average molecular weight is 307 g/mol. The molecular formula is C15H18FN3O3. The molecule has 2 aliphatic heterocycles. The van der Waals surface area contributed by atoms with Gasteiger partial charge in [0.1, 0.15) is 5.82 Å². The Labute approximate surface area is 127 Å². The number of hydrogen-bond acceptors (Lipinski definition) is 4. The first-order chi connectivity index (χ1) is 10.5. The number of fused-ring (bicyclic) bond motifs is 1. The van der Waals surface area contributed by atoms with Crippen LogP contribution in [0.2, 0.25) is 0 Å². The minimum absolute atomic E-state index is 0.0333. The molecule has 6 nitrogen and oxygen atoms in total. The van der Waals surface area contributed by atoms with Gasteiger partial charge >= 0.3 is 0 Å².